The smallest absolute Gasteiger partial charge is 0.307 e. The van der Waals surface area contributed by atoms with Crippen molar-refractivity contribution in [2.24, 2.45) is 11.7 Å². The average Bonchev–Trinajstić information content (AvgIpc) is 3.11. The second-order valence-electron chi connectivity index (χ2n) is 6.36. The molecule has 1 aliphatic carbocycles. The third-order valence-corrected chi connectivity index (χ3v) is 5.87. The molecule has 0 saturated heterocycles. The maximum atomic E-state index is 14.3. The summed E-state index contributed by atoms with van der Waals surface area (Å²) < 4.78 is 14.3. The van der Waals surface area contributed by atoms with Crippen molar-refractivity contribution >= 4 is 45.6 Å². The number of benzene rings is 1. The van der Waals surface area contributed by atoms with Crippen LogP contribution in [0.2, 0.25) is 5.02 Å². The minimum Gasteiger partial charge on any atom is -0.481 e. The van der Waals surface area contributed by atoms with Gasteiger partial charge in [0, 0.05) is 4.88 Å². The number of rotatable bonds is 5. The third-order valence-electron chi connectivity index (χ3n) is 4.39. The summed E-state index contributed by atoms with van der Waals surface area (Å²) in [6.45, 7) is 1.49. The van der Waals surface area contributed by atoms with Crippen LogP contribution in [-0.4, -0.2) is 28.8 Å². The van der Waals surface area contributed by atoms with Gasteiger partial charge in [0.05, 0.1) is 28.1 Å². The summed E-state index contributed by atoms with van der Waals surface area (Å²) >= 11 is 7.13. The van der Waals surface area contributed by atoms with Crippen LogP contribution in [-0.2, 0) is 22.4 Å². The van der Waals surface area contributed by atoms with Gasteiger partial charge < -0.3 is 16.2 Å². The molecule has 142 valence electrons. The molecule has 1 heterocycles. The number of thiophene rings is 1. The molecule has 0 fully saturated rings. The molecule has 1 aromatic heterocycles. The van der Waals surface area contributed by atoms with Crippen molar-refractivity contribution in [2.45, 2.75) is 25.8 Å². The number of ketones is 1. The Bertz CT molecular complexity index is 937. The first-order valence-electron chi connectivity index (χ1n) is 8.13. The average molecular weight is 411 g/mol. The van der Waals surface area contributed by atoms with Crippen LogP contribution in [0.3, 0.4) is 0 Å². The molecule has 0 bridgehead atoms. The number of carboxylic acid groups (broad SMARTS) is 1. The Kier molecular flexibility index (Phi) is 5.32. The number of hydrogen-bond donors (Lipinski definition) is 3. The maximum absolute atomic E-state index is 14.3. The molecular formula is C18H16ClFN2O4S. The molecule has 1 unspecified atom stereocenters. The van der Waals surface area contributed by atoms with E-state index in [1.165, 1.54) is 19.1 Å². The molecule has 0 aliphatic heterocycles. The van der Waals surface area contributed by atoms with E-state index in [1.54, 1.807) is 0 Å². The zero-order valence-corrected chi connectivity index (χ0v) is 15.8. The van der Waals surface area contributed by atoms with Crippen LogP contribution in [0.25, 0.3) is 0 Å². The van der Waals surface area contributed by atoms with E-state index in [0.717, 1.165) is 17.4 Å². The fourth-order valence-electron chi connectivity index (χ4n) is 3.00. The van der Waals surface area contributed by atoms with Crippen molar-refractivity contribution in [1.29, 1.82) is 0 Å². The SMILES string of the molecule is C[C@H](N)C(=O)Nc1sc2c(c1C(=O)c1c(F)cccc1Cl)CC(C(=O)O)C2. The first-order valence-corrected chi connectivity index (χ1v) is 9.32. The highest BCUT2D eigenvalue weighted by Gasteiger charge is 2.36. The van der Waals surface area contributed by atoms with Crippen LogP contribution < -0.4 is 11.1 Å². The summed E-state index contributed by atoms with van der Waals surface area (Å²) in [6, 6.07) is 3.08. The lowest BCUT2D eigenvalue weighted by Gasteiger charge is -2.11. The summed E-state index contributed by atoms with van der Waals surface area (Å²) in [4.78, 5) is 37.1. The highest BCUT2D eigenvalue weighted by atomic mass is 35.5. The fraction of sp³-hybridized carbons (Fsp3) is 0.278. The summed E-state index contributed by atoms with van der Waals surface area (Å²) in [5, 5.41) is 12.0. The molecule has 6 nitrogen and oxygen atoms in total. The molecule has 1 aliphatic rings. The second kappa shape index (κ2) is 7.38. The number of halogens is 2. The van der Waals surface area contributed by atoms with Crippen LogP contribution in [0.4, 0.5) is 9.39 Å². The van der Waals surface area contributed by atoms with Gasteiger partial charge in [-0.05, 0) is 37.5 Å². The number of nitrogens with two attached hydrogens (primary N) is 1. The van der Waals surface area contributed by atoms with Crippen molar-refractivity contribution in [2.75, 3.05) is 5.32 Å². The highest BCUT2D eigenvalue weighted by Crippen LogP contribution is 2.43. The standard InChI is InChI=1S/C18H16ClFN2O4S/c1-7(21)16(24)22-17-13(9-5-8(18(25)26)6-12(9)27-17)15(23)14-10(19)3-2-4-11(14)20/h2-4,7-8H,5-6,21H2,1H3,(H,22,24)(H,25,26)/t7-,8?/m0/s1. The van der Waals surface area contributed by atoms with E-state index in [2.05, 4.69) is 5.32 Å². The molecule has 2 atom stereocenters. The minimum atomic E-state index is -0.970. The van der Waals surface area contributed by atoms with Crippen molar-refractivity contribution in [3.8, 4) is 0 Å². The monoisotopic (exact) mass is 410 g/mol. The Hall–Kier alpha value is -2.29. The van der Waals surface area contributed by atoms with E-state index < -0.39 is 35.4 Å². The number of carbonyl (C=O) groups is 3. The number of nitrogens with one attached hydrogen (secondary N) is 1. The highest BCUT2D eigenvalue weighted by molar-refractivity contribution is 7.17. The predicted octanol–water partition coefficient (Wildman–Crippen LogP) is 2.86. The molecule has 0 spiro atoms. The van der Waals surface area contributed by atoms with E-state index >= 15 is 0 Å². The van der Waals surface area contributed by atoms with Crippen LogP contribution in [0.1, 0.15) is 33.3 Å². The van der Waals surface area contributed by atoms with Crippen LogP contribution >= 0.6 is 22.9 Å². The minimum absolute atomic E-state index is 0.0581. The maximum Gasteiger partial charge on any atom is 0.307 e. The summed E-state index contributed by atoms with van der Waals surface area (Å²) in [7, 11) is 0. The lowest BCUT2D eigenvalue weighted by Crippen LogP contribution is -2.32. The Morgan fingerprint density at radius 3 is 2.63 bits per heavy atom. The summed E-state index contributed by atoms with van der Waals surface area (Å²) in [5.41, 5.74) is 5.85. The molecule has 1 amide bonds. The van der Waals surface area contributed by atoms with Gasteiger partial charge in [0.1, 0.15) is 10.8 Å². The number of fused-ring (bicyclic) bond motifs is 1. The molecule has 0 saturated carbocycles. The van der Waals surface area contributed by atoms with Gasteiger partial charge in [0.25, 0.3) is 0 Å². The van der Waals surface area contributed by atoms with Gasteiger partial charge in [-0.2, -0.15) is 0 Å². The van der Waals surface area contributed by atoms with E-state index in [9.17, 15) is 23.9 Å². The number of anilines is 1. The lowest BCUT2D eigenvalue weighted by atomic mass is 9.98. The van der Waals surface area contributed by atoms with E-state index in [1.807, 2.05) is 0 Å². The normalized spacial score (nSPS) is 16.7. The Balaban J connectivity index is 2.11. The molecular weight excluding hydrogens is 395 g/mol. The first-order chi connectivity index (χ1) is 12.7. The number of hydrogen-bond acceptors (Lipinski definition) is 5. The van der Waals surface area contributed by atoms with Gasteiger partial charge in [0.15, 0.2) is 0 Å². The van der Waals surface area contributed by atoms with Gasteiger partial charge in [-0.25, -0.2) is 4.39 Å². The van der Waals surface area contributed by atoms with Crippen molar-refractivity contribution < 1.29 is 23.9 Å². The fourth-order valence-corrected chi connectivity index (χ4v) is 4.56. The lowest BCUT2D eigenvalue weighted by molar-refractivity contribution is -0.141. The van der Waals surface area contributed by atoms with Crippen molar-refractivity contribution in [3.63, 3.8) is 0 Å². The van der Waals surface area contributed by atoms with Gasteiger partial charge in [-0.15, -0.1) is 11.3 Å². The van der Waals surface area contributed by atoms with E-state index in [4.69, 9.17) is 17.3 Å². The summed E-state index contributed by atoms with van der Waals surface area (Å²) in [5.74, 6) is -3.61. The molecule has 27 heavy (non-hydrogen) atoms. The van der Waals surface area contributed by atoms with Crippen molar-refractivity contribution in [1.82, 2.24) is 0 Å². The van der Waals surface area contributed by atoms with Gasteiger partial charge in [-0.3, -0.25) is 14.4 Å². The molecule has 2 aromatic rings. The molecule has 4 N–H and O–H groups in total. The first kappa shape index (κ1) is 19.5. The largest absolute Gasteiger partial charge is 0.481 e. The topological polar surface area (TPSA) is 109 Å². The number of aliphatic carboxylic acids is 1. The Morgan fingerprint density at radius 2 is 2.04 bits per heavy atom. The van der Waals surface area contributed by atoms with Gasteiger partial charge in [-0.1, -0.05) is 17.7 Å². The molecule has 9 heteroatoms. The number of carbonyl (C=O) groups excluding carboxylic acids is 2. The van der Waals surface area contributed by atoms with Crippen LogP contribution in [0.15, 0.2) is 18.2 Å². The van der Waals surface area contributed by atoms with Crippen LogP contribution in [0, 0.1) is 11.7 Å². The molecule has 3 rings (SSSR count). The predicted molar refractivity (Wildman–Crippen MR) is 100.0 cm³/mol. The van der Waals surface area contributed by atoms with E-state index in [-0.39, 0.29) is 34.0 Å². The van der Waals surface area contributed by atoms with Gasteiger partial charge in [0.2, 0.25) is 11.7 Å². The third kappa shape index (κ3) is 3.60. The quantitative estimate of drug-likeness (QED) is 0.656. The van der Waals surface area contributed by atoms with Crippen molar-refractivity contribution in [3.05, 3.63) is 50.6 Å². The summed E-state index contributed by atoms with van der Waals surface area (Å²) in [6.07, 6.45) is 0.372. The van der Waals surface area contributed by atoms with Gasteiger partial charge >= 0.3 is 5.97 Å². The number of amides is 1. The molecule has 0 radical (unpaired) electrons. The Morgan fingerprint density at radius 1 is 1.33 bits per heavy atom. The van der Waals surface area contributed by atoms with E-state index in [0.29, 0.717) is 10.4 Å². The number of carboxylic acids is 1. The zero-order valence-electron chi connectivity index (χ0n) is 14.2. The Labute approximate surface area is 163 Å². The zero-order chi connectivity index (χ0) is 19.9. The second-order valence-corrected chi connectivity index (χ2v) is 7.87. The van der Waals surface area contributed by atoms with Crippen LogP contribution in [0.5, 0.6) is 0 Å². The molecule has 1 aromatic carbocycles.